The molecule has 0 aromatic carbocycles. The third kappa shape index (κ3) is 4.72. The fourth-order valence-electron chi connectivity index (χ4n) is 2.23. The van der Waals surface area contributed by atoms with Gasteiger partial charge in [0.2, 0.25) is 0 Å². The monoisotopic (exact) mass is 248 g/mol. The third-order valence-electron chi connectivity index (χ3n) is 3.54. The summed E-state index contributed by atoms with van der Waals surface area (Å²) in [5, 5.41) is 3.39. The van der Waals surface area contributed by atoms with Crippen LogP contribution in [0.15, 0.2) is 24.5 Å². The van der Waals surface area contributed by atoms with Gasteiger partial charge in [0.1, 0.15) is 0 Å². The van der Waals surface area contributed by atoms with E-state index in [9.17, 15) is 0 Å². The zero-order valence-corrected chi connectivity index (χ0v) is 11.3. The van der Waals surface area contributed by atoms with Gasteiger partial charge in [-0.3, -0.25) is 9.88 Å². The minimum atomic E-state index is 1.11. The maximum Gasteiger partial charge on any atom is 0.0270 e. The molecule has 1 aliphatic rings. The summed E-state index contributed by atoms with van der Waals surface area (Å²) in [5.41, 5.74) is 1.37. The van der Waals surface area contributed by atoms with Gasteiger partial charge in [0, 0.05) is 58.2 Å². The number of nitrogens with one attached hydrogen (secondary N) is 1. The average Bonchev–Trinajstić information content (AvgIpc) is 2.45. The Morgan fingerprint density at radius 1 is 1.22 bits per heavy atom. The molecule has 1 fully saturated rings. The highest BCUT2D eigenvalue weighted by Crippen LogP contribution is 1.99. The van der Waals surface area contributed by atoms with E-state index in [2.05, 4.69) is 39.3 Å². The summed E-state index contributed by atoms with van der Waals surface area (Å²) in [5.74, 6) is 0. The van der Waals surface area contributed by atoms with Crippen LogP contribution in [0.25, 0.3) is 0 Å². The lowest BCUT2D eigenvalue weighted by molar-refractivity contribution is 0.206. The van der Waals surface area contributed by atoms with Crippen LogP contribution >= 0.6 is 0 Å². The molecule has 1 saturated heterocycles. The molecule has 0 aliphatic carbocycles. The van der Waals surface area contributed by atoms with Crippen LogP contribution in [-0.4, -0.2) is 67.6 Å². The van der Waals surface area contributed by atoms with E-state index in [1.807, 2.05) is 12.4 Å². The highest BCUT2D eigenvalue weighted by atomic mass is 15.2. The fourth-order valence-corrected chi connectivity index (χ4v) is 2.23. The van der Waals surface area contributed by atoms with Gasteiger partial charge >= 0.3 is 0 Å². The van der Waals surface area contributed by atoms with E-state index in [1.165, 1.54) is 25.2 Å². The summed E-state index contributed by atoms with van der Waals surface area (Å²) in [6, 6.07) is 4.20. The summed E-state index contributed by atoms with van der Waals surface area (Å²) in [6.07, 6.45) is 4.85. The lowest BCUT2D eigenvalue weighted by Crippen LogP contribution is -2.46. The summed E-state index contributed by atoms with van der Waals surface area (Å²) in [7, 11) is 2.21. The van der Waals surface area contributed by atoms with E-state index < -0.39 is 0 Å². The van der Waals surface area contributed by atoms with E-state index in [4.69, 9.17) is 0 Å². The lowest BCUT2D eigenvalue weighted by Gasteiger charge is -2.29. The zero-order chi connectivity index (χ0) is 12.6. The highest BCUT2D eigenvalue weighted by molar-refractivity contribution is 5.09. The highest BCUT2D eigenvalue weighted by Gasteiger charge is 2.09. The average molecular weight is 248 g/mol. The molecule has 100 valence electrons. The number of piperazine rings is 1. The van der Waals surface area contributed by atoms with Crippen molar-refractivity contribution in [3.63, 3.8) is 0 Å². The normalized spacial score (nSPS) is 17.2. The quantitative estimate of drug-likeness (QED) is 0.792. The van der Waals surface area contributed by atoms with Crippen molar-refractivity contribution in [3.8, 4) is 0 Å². The molecule has 1 N–H and O–H groups in total. The molecular weight excluding hydrogens is 224 g/mol. The molecule has 1 aromatic heterocycles. The van der Waals surface area contributed by atoms with Crippen molar-refractivity contribution in [1.29, 1.82) is 0 Å². The SMILES string of the molecule is CN(CCc1ccncc1)CCN1CCNCC1. The molecule has 4 nitrogen and oxygen atoms in total. The van der Waals surface area contributed by atoms with E-state index in [1.54, 1.807) is 0 Å². The van der Waals surface area contributed by atoms with Crippen molar-refractivity contribution < 1.29 is 0 Å². The van der Waals surface area contributed by atoms with E-state index in [0.29, 0.717) is 0 Å². The molecule has 2 heterocycles. The first-order chi connectivity index (χ1) is 8.84. The van der Waals surface area contributed by atoms with E-state index >= 15 is 0 Å². The number of hydrogen-bond acceptors (Lipinski definition) is 4. The second-order valence-electron chi connectivity index (χ2n) is 5.00. The Morgan fingerprint density at radius 2 is 1.94 bits per heavy atom. The number of hydrogen-bond donors (Lipinski definition) is 1. The number of likely N-dealkylation sites (N-methyl/N-ethyl adjacent to an activating group) is 1. The van der Waals surface area contributed by atoms with Gasteiger partial charge in [-0.15, -0.1) is 0 Å². The van der Waals surface area contributed by atoms with Crippen LogP contribution < -0.4 is 5.32 Å². The molecule has 2 rings (SSSR count). The first kappa shape index (κ1) is 13.5. The van der Waals surface area contributed by atoms with Crippen molar-refractivity contribution in [3.05, 3.63) is 30.1 Å². The number of aromatic nitrogens is 1. The first-order valence-corrected chi connectivity index (χ1v) is 6.85. The van der Waals surface area contributed by atoms with Crippen molar-refractivity contribution in [2.75, 3.05) is 52.9 Å². The number of pyridine rings is 1. The Hall–Kier alpha value is -0.970. The Kier molecular flexibility index (Phi) is 5.58. The predicted octanol–water partition coefficient (Wildman–Crippen LogP) is 0.461. The molecule has 0 amide bonds. The molecule has 0 atom stereocenters. The molecule has 0 saturated carbocycles. The van der Waals surface area contributed by atoms with Gasteiger partial charge in [-0.1, -0.05) is 0 Å². The van der Waals surface area contributed by atoms with Gasteiger partial charge in [-0.05, 0) is 31.2 Å². The lowest BCUT2D eigenvalue weighted by atomic mass is 10.2. The van der Waals surface area contributed by atoms with Gasteiger partial charge in [0.15, 0.2) is 0 Å². The maximum atomic E-state index is 4.04. The number of nitrogens with zero attached hydrogens (tertiary/aromatic N) is 3. The second kappa shape index (κ2) is 7.46. The minimum Gasteiger partial charge on any atom is -0.314 e. The van der Waals surface area contributed by atoms with Gasteiger partial charge < -0.3 is 10.2 Å². The van der Waals surface area contributed by atoms with Gasteiger partial charge in [0.05, 0.1) is 0 Å². The summed E-state index contributed by atoms with van der Waals surface area (Å²) >= 11 is 0. The molecule has 18 heavy (non-hydrogen) atoms. The smallest absolute Gasteiger partial charge is 0.0270 e. The molecule has 1 aromatic rings. The van der Waals surface area contributed by atoms with Gasteiger partial charge in [0.25, 0.3) is 0 Å². The number of rotatable bonds is 6. The first-order valence-electron chi connectivity index (χ1n) is 6.85. The molecule has 0 spiro atoms. The molecule has 0 unspecified atom stereocenters. The Morgan fingerprint density at radius 3 is 2.67 bits per heavy atom. The third-order valence-corrected chi connectivity index (χ3v) is 3.54. The van der Waals surface area contributed by atoms with Crippen LogP contribution in [0, 0.1) is 0 Å². The molecular formula is C14H24N4. The van der Waals surface area contributed by atoms with Crippen LogP contribution in [0.4, 0.5) is 0 Å². The van der Waals surface area contributed by atoms with Crippen LogP contribution in [0.3, 0.4) is 0 Å². The van der Waals surface area contributed by atoms with Crippen LogP contribution in [0.1, 0.15) is 5.56 Å². The predicted molar refractivity (Wildman–Crippen MR) is 74.7 cm³/mol. The van der Waals surface area contributed by atoms with Crippen molar-refractivity contribution >= 4 is 0 Å². The van der Waals surface area contributed by atoms with Crippen molar-refractivity contribution in [2.24, 2.45) is 0 Å². The molecule has 0 bridgehead atoms. The van der Waals surface area contributed by atoms with Crippen LogP contribution in [0.5, 0.6) is 0 Å². The van der Waals surface area contributed by atoms with Crippen LogP contribution in [-0.2, 0) is 6.42 Å². The topological polar surface area (TPSA) is 31.4 Å². The van der Waals surface area contributed by atoms with Gasteiger partial charge in [-0.2, -0.15) is 0 Å². The van der Waals surface area contributed by atoms with Crippen LogP contribution in [0.2, 0.25) is 0 Å². The minimum absolute atomic E-state index is 1.11. The Bertz CT molecular complexity index is 322. The summed E-state index contributed by atoms with van der Waals surface area (Å²) < 4.78 is 0. The maximum absolute atomic E-state index is 4.04. The molecule has 4 heteroatoms. The molecule has 1 aliphatic heterocycles. The van der Waals surface area contributed by atoms with Crippen molar-refractivity contribution in [1.82, 2.24) is 20.1 Å². The van der Waals surface area contributed by atoms with E-state index in [0.717, 1.165) is 32.6 Å². The largest absolute Gasteiger partial charge is 0.314 e. The second-order valence-corrected chi connectivity index (χ2v) is 5.00. The Balaban J connectivity index is 1.61. The standard InChI is InChI=1S/C14H24N4/c1-17(9-4-14-2-5-15-6-3-14)12-13-18-10-7-16-8-11-18/h2-3,5-6,16H,4,7-13H2,1H3. The fraction of sp³-hybridized carbons (Fsp3) is 0.643. The summed E-state index contributed by atoms with van der Waals surface area (Å²) in [4.78, 5) is 9.00. The van der Waals surface area contributed by atoms with Gasteiger partial charge in [-0.25, -0.2) is 0 Å². The zero-order valence-electron chi connectivity index (χ0n) is 11.3. The summed E-state index contributed by atoms with van der Waals surface area (Å²) in [6.45, 7) is 8.13. The molecule has 0 radical (unpaired) electrons. The Labute approximate surface area is 110 Å². The van der Waals surface area contributed by atoms with Crippen molar-refractivity contribution in [2.45, 2.75) is 6.42 Å². The van der Waals surface area contributed by atoms with E-state index in [-0.39, 0.29) is 0 Å².